The van der Waals surface area contributed by atoms with Gasteiger partial charge in [0.05, 0.1) is 6.04 Å². The second-order valence-electron chi connectivity index (χ2n) is 6.42. The van der Waals surface area contributed by atoms with E-state index in [1.807, 2.05) is 45.0 Å². The van der Waals surface area contributed by atoms with Crippen molar-refractivity contribution < 1.29 is 9.53 Å². The predicted molar refractivity (Wildman–Crippen MR) is 98.4 cm³/mol. The molecular formula is C21H27NO2. The van der Waals surface area contributed by atoms with Gasteiger partial charge in [0.2, 0.25) is 0 Å². The van der Waals surface area contributed by atoms with Gasteiger partial charge in [-0.1, -0.05) is 42.8 Å². The second-order valence-corrected chi connectivity index (χ2v) is 6.42. The average molecular weight is 325 g/mol. The minimum atomic E-state index is -0.486. The highest BCUT2D eigenvalue weighted by Crippen LogP contribution is 2.20. The summed E-state index contributed by atoms with van der Waals surface area (Å²) in [5.74, 6) is 0.655. The highest BCUT2D eigenvalue weighted by atomic mass is 16.5. The van der Waals surface area contributed by atoms with Crippen LogP contribution in [-0.2, 0) is 4.79 Å². The lowest BCUT2D eigenvalue weighted by molar-refractivity contribution is -0.128. The summed E-state index contributed by atoms with van der Waals surface area (Å²) in [6.07, 6.45) is 0.138. The van der Waals surface area contributed by atoms with E-state index in [-0.39, 0.29) is 11.9 Å². The quantitative estimate of drug-likeness (QED) is 0.840. The Morgan fingerprint density at radius 3 is 2.42 bits per heavy atom. The van der Waals surface area contributed by atoms with Crippen molar-refractivity contribution >= 4 is 5.91 Å². The number of carbonyl (C=O) groups is 1. The Morgan fingerprint density at radius 1 is 1.08 bits per heavy atom. The largest absolute Gasteiger partial charge is 0.481 e. The molecule has 0 bridgehead atoms. The molecule has 0 saturated carbocycles. The number of rotatable bonds is 6. The number of ether oxygens (including phenoxy) is 1. The van der Waals surface area contributed by atoms with Gasteiger partial charge in [0, 0.05) is 0 Å². The third-order valence-electron chi connectivity index (χ3n) is 4.18. The van der Waals surface area contributed by atoms with Crippen LogP contribution in [0.5, 0.6) is 5.75 Å². The minimum Gasteiger partial charge on any atom is -0.481 e. The molecule has 0 spiro atoms. The number of carbonyl (C=O) groups excluding carboxylic acids is 1. The normalized spacial score (nSPS) is 13.2. The maximum Gasteiger partial charge on any atom is 0.261 e. The molecule has 2 aromatic carbocycles. The molecule has 0 aromatic heterocycles. The van der Waals surface area contributed by atoms with Crippen LogP contribution in [0.15, 0.2) is 42.5 Å². The first-order valence-electron chi connectivity index (χ1n) is 8.51. The fourth-order valence-electron chi connectivity index (χ4n) is 2.87. The van der Waals surface area contributed by atoms with Crippen molar-refractivity contribution in [1.29, 1.82) is 0 Å². The van der Waals surface area contributed by atoms with Crippen molar-refractivity contribution in [2.24, 2.45) is 0 Å². The molecule has 2 rings (SSSR count). The fourth-order valence-corrected chi connectivity index (χ4v) is 2.87. The van der Waals surface area contributed by atoms with E-state index in [1.165, 1.54) is 11.1 Å². The molecule has 0 unspecified atom stereocenters. The topological polar surface area (TPSA) is 38.3 Å². The van der Waals surface area contributed by atoms with Gasteiger partial charge in [0.25, 0.3) is 5.91 Å². The number of hydrogen-bond acceptors (Lipinski definition) is 2. The molecule has 0 fully saturated rings. The lowest BCUT2D eigenvalue weighted by Crippen LogP contribution is -2.39. The van der Waals surface area contributed by atoms with E-state index in [4.69, 9.17) is 4.74 Å². The van der Waals surface area contributed by atoms with Crippen molar-refractivity contribution in [2.75, 3.05) is 0 Å². The summed E-state index contributed by atoms with van der Waals surface area (Å²) in [7, 11) is 0. The molecular weight excluding hydrogens is 298 g/mol. The van der Waals surface area contributed by atoms with Crippen LogP contribution in [0.25, 0.3) is 0 Å². The maximum absolute atomic E-state index is 12.6. The van der Waals surface area contributed by atoms with Crippen LogP contribution < -0.4 is 10.1 Å². The number of aryl methyl sites for hydroxylation is 3. The fraction of sp³-hybridized carbons (Fsp3) is 0.381. The SMILES string of the molecule is CC[C@@H](Oc1cccc(C)c1)C(=O)N[C@H](C)c1ccc(C)cc1C. The van der Waals surface area contributed by atoms with E-state index in [0.717, 1.165) is 16.9 Å². The smallest absolute Gasteiger partial charge is 0.261 e. The average Bonchev–Trinajstić information content (AvgIpc) is 2.52. The first-order chi connectivity index (χ1) is 11.4. The Kier molecular flexibility index (Phi) is 6.02. The Hall–Kier alpha value is -2.29. The molecule has 0 aliphatic heterocycles. The molecule has 1 N–H and O–H groups in total. The van der Waals surface area contributed by atoms with Crippen molar-refractivity contribution in [2.45, 2.75) is 53.2 Å². The van der Waals surface area contributed by atoms with Crippen LogP contribution in [0, 0.1) is 20.8 Å². The number of amides is 1. The van der Waals surface area contributed by atoms with E-state index < -0.39 is 6.10 Å². The highest BCUT2D eigenvalue weighted by molar-refractivity contribution is 5.81. The first kappa shape index (κ1) is 18.1. The molecule has 0 radical (unpaired) electrons. The first-order valence-corrected chi connectivity index (χ1v) is 8.51. The molecule has 3 nitrogen and oxygen atoms in total. The van der Waals surface area contributed by atoms with Gasteiger partial charge < -0.3 is 10.1 Å². The standard InChI is InChI=1S/C21H27NO2/c1-6-20(24-18-9-7-8-14(2)13-18)21(23)22-17(5)19-11-10-15(3)12-16(19)4/h7-13,17,20H,6H2,1-5H3,(H,22,23)/t17-,20-/m1/s1. The molecule has 1 amide bonds. The molecule has 0 aliphatic carbocycles. The van der Waals surface area contributed by atoms with E-state index in [2.05, 4.69) is 37.4 Å². The van der Waals surface area contributed by atoms with Crippen molar-refractivity contribution in [3.05, 3.63) is 64.7 Å². The Balaban J connectivity index is 2.05. The number of benzene rings is 2. The van der Waals surface area contributed by atoms with Gasteiger partial charge >= 0.3 is 0 Å². The van der Waals surface area contributed by atoms with Crippen LogP contribution in [0.1, 0.15) is 48.6 Å². The Bertz CT molecular complexity index is 709. The summed E-state index contributed by atoms with van der Waals surface area (Å²) in [6.45, 7) is 10.1. The molecule has 128 valence electrons. The zero-order valence-corrected chi connectivity index (χ0v) is 15.2. The summed E-state index contributed by atoms with van der Waals surface area (Å²) >= 11 is 0. The van der Waals surface area contributed by atoms with Crippen molar-refractivity contribution in [3.8, 4) is 5.75 Å². The predicted octanol–water partition coefficient (Wildman–Crippen LogP) is 4.65. The van der Waals surface area contributed by atoms with Crippen LogP contribution in [-0.4, -0.2) is 12.0 Å². The highest BCUT2D eigenvalue weighted by Gasteiger charge is 2.21. The van der Waals surface area contributed by atoms with Crippen LogP contribution in [0.2, 0.25) is 0 Å². The van der Waals surface area contributed by atoms with Gasteiger partial charge in [0.1, 0.15) is 5.75 Å². The van der Waals surface area contributed by atoms with E-state index in [9.17, 15) is 4.79 Å². The summed E-state index contributed by atoms with van der Waals surface area (Å²) in [5, 5.41) is 3.08. The van der Waals surface area contributed by atoms with Gasteiger partial charge in [0.15, 0.2) is 6.10 Å². The zero-order chi connectivity index (χ0) is 17.7. The maximum atomic E-state index is 12.6. The minimum absolute atomic E-state index is 0.0479. The second kappa shape index (κ2) is 8.00. The molecule has 0 saturated heterocycles. The molecule has 24 heavy (non-hydrogen) atoms. The van der Waals surface area contributed by atoms with Crippen molar-refractivity contribution in [3.63, 3.8) is 0 Å². The third-order valence-corrected chi connectivity index (χ3v) is 4.18. The molecule has 2 atom stereocenters. The summed E-state index contributed by atoms with van der Waals surface area (Å²) in [6, 6.07) is 14.0. The lowest BCUT2D eigenvalue weighted by atomic mass is 10.00. The van der Waals surface area contributed by atoms with Crippen LogP contribution in [0.4, 0.5) is 0 Å². The van der Waals surface area contributed by atoms with E-state index in [0.29, 0.717) is 6.42 Å². The van der Waals surface area contributed by atoms with E-state index >= 15 is 0 Å². The number of nitrogens with one attached hydrogen (secondary N) is 1. The Labute approximate surface area is 145 Å². The molecule has 2 aromatic rings. The van der Waals surface area contributed by atoms with Gasteiger partial charge in [-0.3, -0.25) is 4.79 Å². The molecule has 0 aliphatic rings. The number of hydrogen-bond donors (Lipinski definition) is 1. The Morgan fingerprint density at radius 2 is 1.79 bits per heavy atom. The summed E-state index contributed by atoms with van der Waals surface area (Å²) in [5.41, 5.74) is 4.67. The van der Waals surface area contributed by atoms with Gasteiger partial charge in [-0.05, 0) is 62.9 Å². The van der Waals surface area contributed by atoms with Gasteiger partial charge in [-0.15, -0.1) is 0 Å². The third kappa shape index (κ3) is 4.60. The summed E-state index contributed by atoms with van der Waals surface area (Å²) in [4.78, 5) is 12.6. The van der Waals surface area contributed by atoms with E-state index in [1.54, 1.807) is 0 Å². The van der Waals surface area contributed by atoms with Gasteiger partial charge in [-0.25, -0.2) is 0 Å². The lowest BCUT2D eigenvalue weighted by Gasteiger charge is -2.22. The molecule has 0 heterocycles. The van der Waals surface area contributed by atoms with Crippen LogP contribution >= 0.6 is 0 Å². The zero-order valence-electron chi connectivity index (χ0n) is 15.2. The summed E-state index contributed by atoms with van der Waals surface area (Å²) < 4.78 is 5.88. The van der Waals surface area contributed by atoms with Crippen LogP contribution in [0.3, 0.4) is 0 Å². The molecule has 3 heteroatoms. The van der Waals surface area contributed by atoms with Gasteiger partial charge in [-0.2, -0.15) is 0 Å². The van der Waals surface area contributed by atoms with Crippen molar-refractivity contribution in [1.82, 2.24) is 5.32 Å². The monoisotopic (exact) mass is 325 g/mol.